The highest BCUT2D eigenvalue weighted by Gasteiger charge is 2.12. The van der Waals surface area contributed by atoms with E-state index in [1.807, 2.05) is 32.9 Å². The molecule has 0 bridgehead atoms. The second-order valence-corrected chi connectivity index (χ2v) is 4.22. The number of nitrogens with one attached hydrogen (secondary N) is 3. The fraction of sp³-hybridized carbons (Fsp3) is 0.429. The Bertz CT molecular complexity index is 458. The summed E-state index contributed by atoms with van der Waals surface area (Å²) in [5.74, 6) is -0.435. The van der Waals surface area contributed by atoms with Gasteiger partial charge in [-0.2, -0.15) is 0 Å². The molecule has 0 aliphatic rings. The number of likely N-dealkylation sites (N-methyl/N-ethyl adjacent to an activating group) is 1. The van der Waals surface area contributed by atoms with E-state index in [1.54, 1.807) is 6.07 Å². The molecule has 0 atom stereocenters. The van der Waals surface area contributed by atoms with Crippen LogP contribution in [0.5, 0.6) is 0 Å². The molecule has 0 saturated carbocycles. The van der Waals surface area contributed by atoms with Gasteiger partial charge in [-0.15, -0.1) is 0 Å². The van der Waals surface area contributed by atoms with E-state index in [9.17, 15) is 9.59 Å². The van der Waals surface area contributed by atoms with Crippen molar-refractivity contribution in [3.05, 3.63) is 29.3 Å². The van der Waals surface area contributed by atoms with Crippen molar-refractivity contribution in [1.82, 2.24) is 10.6 Å². The molecule has 0 radical (unpaired) electrons. The Morgan fingerprint density at radius 1 is 1.11 bits per heavy atom. The molecule has 0 fully saturated rings. The molecule has 2 amide bonds. The molecule has 1 rings (SSSR count). The van der Waals surface area contributed by atoms with Gasteiger partial charge in [0, 0.05) is 18.8 Å². The van der Waals surface area contributed by atoms with E-state index in [4.69, 9.17) is 0 Å². The van der Waals surface area contributed by atoms with Crippen LogP contribution in [0.1, 0.15) is 29.8 Å². The second-order valence-electron chi connectivity index (χ2n) is 4.22. The molecule has 0 unspecified atom stereocenters. The molecule has 1 aromatic rings. The lowest BCUT2D eigenvalue weighted by Crippen LogP contribution is -2.37. The van der Waals surface area contributed by atoms with Crippen LogP contribution in [0.2, 0.25) is 0 Å². The maximum absolute atomic E-state index is 12.0. The summed E-state index contributed by atoms with van der Waals surface area (Å²) < 4.78 is 0. The van der Waals surface area contributed by atoms with Crippen molar-refractivity contribution in [3.63, 3.8) is 0 Å². The van der Waals surface area contributed by atoms with E-state index in [0.717, 1.165) is 17.8 Å². The van der Waals surface area contributed by atoms with E-state index in [2.05, 4.69) is 16.0 Å². The fourth-order valence-corrected chi connectivity index (χ4v) is 1.71. The third kappa shape index (κ3) is 4.62. The summed E-state index contributed by atoms with van der Waals surface area (Å²) in [5.41, 5.74) is 2.42. The van der Waals surface area contributed by atoms with Gasteiger partial charge in [0.15, 0.2) is 0 Å². The summed E-state index contributed by atoms with van der Waals surface area (Å²) in [5, 5.41) is 8.39. The van der Waals surface area contributed by atoms with Crippen LogP contribution >= 0.6 is 0 Å². The van der Waals surface area contributed by atoms with Crippen molar-refractivity contribution in [2.45, 2.75) is 20.8 Å². The van der Waals surface area contributed by atoms with Crippen LogP contribution in [0.15, 0.2) is 18.2 Å². The van der Waals surface area contributed by atoms with E-state index < -0.39 is 0 Å². The van der Waals surface area contributed by atoms with Crippen molar-refractivity contribution in [3.8, 4) is 0 Å². The lowest BCUT2D eigenvalue weighted by Gasteiger charge is -2.12. The Morgan fingerprint density at radius 3 is 2.47 bits per heavy atom. The molecule has 5 heteroatoms. The molecule has 104 valence electrons. The second kappa shape index (κ2) is 7.41. The van der Waals surface area contributed by atoms with Crippen molar-refractivity contribution < 1.29 is 9.59 Å². The zero-order valence-electron chi connectivity index (χ0n) is 11.7. The number of carbonyl (C=O) groups excluding carboxylic acids is 2. The maximum Gasteiger partial charge on any atom is 0.253 e. The average Bonchev–Trinajstić information content (AvgIpc) is 2.37. The monoisotopic (exact) mass is 263 g/mol. The molecule has 0 saturated heterocycles. The molecule has 1 aromatic carbocycles. The Hall–Kier alpha value is -2.04. The Balaban J connectivity index is 2.73. The number of carbonyl (C=O) groups is 2. The Labute approximate surface area is 113 Å². The normalized spacial score (nSPS) is 9.84. The molecule has 0 aliphatic heterocycles. The lowest BCUT2D eigenvalue weighted by molar-refractivity contribution is -0.120. The molecule has 0 spiro atoms. The SMILES string of the molecule is CCNC(=O)CNC(=O)c1ccc(C)cc1NCC. The van der Waals surface area contributed by atoms with Crippen molar-refractivity contribution >= 4 is 17.5 Å². The van der Waals surface area contributed by atoms with Gasteiger partial charge in [0.05, 0.1) is 12.1 Å². The quantitative estimate of drug-likeness (QED) is 0.724. The van der Waals surface area contributed by atoms with Crippen LogP contribution < -0.4 is 16.0 Å². The minimum absolute atomic E-state index is 0.00782. The zero-order chi connectivity index (χ0) is 14.3. The third-order valence-corrected chi connectivity index (χ3v) is 2.57. The number of rotatable bonds is 6. The van der Waals surface area contributed by atoms with E-state index in [-0.39, 0.29) is 18.4 Å². The summed E-state index contributed by atoms with van der Waals surface area (Å²) in [6.45, 7) is 7.06. The molecular weight excluding hydrogens is 242 g/mol. The van der Waals surface area contributed by atoms with E-state index in [0.29, 0.717) is 12.1 Å². The third-order valence-electron chi connectivity index (χ3n) is 2.57. The highest BCUT2D eigenvalue weighted by Crippen LogP contribution is 2.17. The summed E-state index contributed by atoms with van der Waals surface area (Å²) >= 11 is 0. The molecule has 0 aliphatic carbocycles. The van der Waals surface area contributed by atoms with Gasteiger partial charge in [-0.3, -0.25) is 9.59 Å². The first-order valence-corrected chi connectivity index (χ1v) is 6.47. The predicted molar refractivity (Wildman–Crippen MR) is 76.4 cm³/mol. The summed E-state index contributed by atoms with van der Waals surface area (Å²) in [6, 6.07) is 5.56. The first kappa shape index (κ1) is 15.0. The van der Waals surface area contributed by atoms with E-state index in [1.165, 1.54) is 0 Å². The minimum atomic E-state index is -0.248. The molecule has 3 N–H and O–H groups in total. The predicted octanol–water partition coefficient (Wildman–Crippen LogP) is 1.29. The lowest BCUT2D eigenvalue weighted by atomic mass is 10.1. The average molecular weight is 263 g/mol. The van der Waals surface area contributed by atoms with Crippen LogP contribution in [0, 0.1) is 6.92 Å². The van der Waals surface area contributed by atoms with Gasteiger partial charge in [0.2, 0.25) is 5.91 Å². The van der Waals surface area contributed by atoms with Crippen molar-refractivity contribution in [2.75, 3.05) is 25.0 Å². The topological polar surface area (TPSA) is 70.2 Å². The molecule has 19 heavy (non-hydrogen) atoms. The number of benzene rings is 1. The Kier molecular flexibility index (Phi) is 5.85. The molecule has 0 aromatic heterocycles. The summed E-state index contributed by atoms with van der Waals surface area (Å²) in [4.78, 5) is 23.3. The smallest absolute Gasteiger partial charge is 0.253 e. The number of anilines is 1. The largest absolute Gasteiger partial charge is 0.385 e. The number of amides is 2. The summed E-state index contributed by atoms with van der Waals surface area (Å²) in [6.07, 6.45) is 0. The van der Waals surface area contributed by atoms with Gasteiger partial charge in [-0.05, 0) is 38.5 Å². The van der Waals surface area contributed by atoms with Gasteiger partial charge in [-0.25, -0.2) is 0 Å². The standard InChI is InChI=1S/C14H21N3O2/c1-4-15-12-8-10(3)6-7-11(12)14(19)17-9-13(18)16-5-2/h6-8,15H,4-5,9H2,1-3H3,(H,16,18)(H,17,19). The summed E-state index contributed by atoms with van der Waals surface area (Å²) in [7, 11) is 0. The Morgan fingerprint density at radius 2 is 1.84 bits per heavy atom. The van der Waals surface area contributed by atoms with Crippen LogP contribution in [0.3, 0.4) is 0 Å². The highest BCUT2D eigenvalue weighted by molar-refractivity contribution is 6.01. The number of hydrogen-bond acceptors (Lipinski definition) is 3. The van der Waals surface area contributed by atoms with Gasteiger partial charge in [0.1, 0.15) is 0 Å². The van der Waals surface area contributed by atoms with Gasteiger partial charge < -0.3 is 16.0 Å². The van der Waals surface area contributed by atoms with Crippen LogP contribution in [0.25, 0.3) is 0 Å². The molecular formula is C14H21N3O2. The van der Waals surface area contributed by atoms with Crippen LogP contribution in [-0.4, -0.2) is 31.4 Å². The molecule has 5 nitrogen and oxygen atoms in total. The van der Waals surface area contributed by atoms with Crippen LogP contribution in [-0.2, 0) is 4.79 Å². The van der Waals surface area contributed by atoms with Gasteiger partial charge >= 0.3 is 0 Å². The van der Waals surface area contributed by atoms with Gasteiger partial charge in [0.25, 0.3) is 5.91 Å². The number of hydrogen-bond donors (Lipinski definition) is 3. The zero-order valence-corrected chi connectivity index (χ0v) is 11.7. The van der Waals surface area contributed by atoms with E-state index >= 15 is 0 Å². The molecule has 0 heterocycles. The fourth-order valence-electron chi connectivity index (χ4n) is 1.71. The van der Waals surface area contributed by atoms with Crippen molar-refractivity contribution in [2.24, 2.45) is 0 Å². The van der Waals surface area contributed by atoms with Gasteiger partial charge in [-0.1, -0.05) is 6.07 Å². The maximum atomic E-state index is 12.0. The minimum Gasteiger partial charge on any atom is -0.385 e. The highest BCUT2D eigenvalue weighted by atomic mass is 16.2. The first-order valence-electron chi connectivity index (χ1n) is 6.47. The first-order chi connectivity index (χ1) is 9.08. The van der Waals surface area contributed by atoms with Crippen LogP contribution in [0.4, 0.5) is 5.69 Å². The van der Waals surface area contributed by atoms with Crippen molar-refractivity contribution in [1.29, 1.82) is 0 Å². The number of aryl methyl sites for hydroxylation is 1.